The Hall–Kier alpha value is -2.99. The smallest absolute Gasteiger partial charge is 0.360 e. The van der Waals surface area contributed by atoms with Gasteiger partial charge in [0.05, 0.1) is 13.4 Å². The summed E-state index contributed by atoms with van der Waals surface area (Å²) in [4.78, 5) is 43.2. The van der Waals surface area contributed by atoms with Gasteiger partial charge in [0.2, 0.25) is 11.8 Å². The predicted molar refractivity (Wildman–Crippen MR) is 99.8 cm³/mol. The number of anilines is 1. The van der Waals surface area contributed by atoms with Crippen molar-refractivity contribution in [3.8, 4) is 0 Å². The van der Waals surface area contributed by atoms with E-state index in [4.69, 9.17) is 11.6 Å². The first-order valence-corrected chi connectivity index (χ1v) is 10.1. The fourth-order valence-electron chi connectivity index (χ4n) is 2.76. The van der Waals surface area contributed by atoms with Crippen molar-refractivity contribution < 1.29 is 27.5 Å². The molecule has 2 aromatic heterocycles. The minimum atomic E-state index is -4.21. The van der Waals surface area contributed by atoms with Gasteiger partial charge in [0.1, 0.15) is 16.1 Å². The Kier molecular flexibility index (Phi) is 5.57. The standard InChI is InChI=1S/C16H16ClN5O6S/c1-8-5-9(6-18-13(8)17)29(26,27)21-14-12(16(25)28-2)19-7-22(14)10-3-4-11(23)20-15(10)24/h5-7,10,21H,3-4H2,1-2H3,(H,20,23,24). The zero-order valence-electron chi connectivity index (χ0n) is 15.3. The van der Waals surface area contributed by atoms with Crippen LogP contribution >= 0.6 is 11.6 Å². The molecule has 2 aromatic rings. The number of pyridine rings is 1. The summed E-state index contributed by atoms with van der Waals surface area (Å²) < 4.78 is 33.8. The van der Waals surface area contributed by atoms with Gasteiger partial charge in [-0.3, -0.25) is 19.6 Å². The average Bonchev–Trinajstić information content (AvgIpc) is 3.05. The summed E-state index contributed by atoms with van der Waals surface area (Å²) in [7, 11) is -3.11. The van der Waals surface area contributed by atoms with E-state index < -0.39 is 33.8 Å². The Morgan fingerprint density at radius 3 is 2.72 bits per heavy atom. The molecule has 154 valence electrons. The van der Waals surface area contributed by atoms with E-state index in [1.807, 2.05) is 0 Å². The molecule has 0 aliphatic carbocycles. The topological polar surface area (TPSA) is 149 Å². The molecule has 3 rings (SSSR count). The van der Waals surface area contributed by atoms with Crippen LogP contribution in [0.15, 0.2) is 23.5 Å². The Morgan fingerprint density at radius 2 is 2.10 bits per heavy atom. The highest BCUT2D eigenvalue weighted by molar-refractivity contribution is 7.92. The van der Waals surface area contributed by atoms with Crippen molar-refractivity contribution in [3.05, 3.63) is 35.0 Å². The maximum atomic E-state index is 12.9. The van der Waals surface area contributed by atoms with Crippen LogP contribution in [0.4, 0.5) is 5.82 Å². The number of aromatic nitrogens is 3. The zero-order valence-corrected chi connectivity index (χ0v) is 16.9. The fourth-order valence-corrected chi connectivity index (χ4v) is 3.96. The number of aryl methyl sites for hydroxylation is 1. The van der Waals surface area contributed by atoms with Crippen molar-refractivity contribution in [3.63, 3.8) is 0 Å². The molecule has 2 N–H and O–H groups in total. The van der Waals surface area contributed by atoms with E-state index in [2.05, 4.69) is 24.7 Å². The minimum Gasteiger partial charge on any atom is -0.464 e. The molecule has 0 radical (unpaired) electrons. The lowest BCUT2D eigenvalue weighted by molar-refractivity contribution is -0.135. The number of piperidine rings is 1. The van der Waals surface area contributed by atoms with Crippen molar-refractivity contribution in [1.82, 2.24) is 19.9 Å². The average molecular weight is 442 g/mol. The molecule has 1 atom stereocenters. The van der Waals surface area contributed by atoms with Crippen molar-refractivity contribution in [2.45, 2.75) is 30.7 Å². The molecule has 1 unspecified atom stereocenters. The number of carbonyl (C=O) groups excluding carboxylic acids is 3. The molecule has 0 bridgehead atoms. The zero-order chi connectivity index (χ0) is 21.3. The van der Waals surface area contributed by atoms with Crippen molar-refractivity contribution in [2.24, 2.45) is 0 Å². The van der Waals surface area contributed by atoms with Gasteiger partial charge in [-0.1, -0.05) is 11.6 Å². The predicted octanol–water partition coefficient (Wildman–Crippen LogP) is 0.805. The van der Waals surface area contributed by atoms with Crippen LogP contribution in [0.1, 0.15) is 34.9 Å². The number of esters is 1. The lowest BCUT2D eigenvalue weighted by atomic mass is 10.1. The number of nitrogens with zero attached hydrogens (tertiary/aromatic N) is 3. The molecule has 0 spiro atoms. The van der Waals surface area contributed by atoms with Gasteiger partial charge in [0.15, 0.2) is 11.5 Å². The summed E-state index contributed by atoms with van der Waals surface area (Å²) in [5.74, 6) is -2.25. The number of nitrogens with one attached hydrogen (secondary N) is 2. The van der Waals surface area contributed by atoms with E-state index in [1.165, 1.54) is 10.6 Å². The molecule has 0 saturated carbocycles. The maximum absolute atomic E-state index is 12.9. The highest BCUT2D eigenvalue weighted by atomic mass is 35.5. The van der Waals surface area contributed by atoms with Crippen LogP contribution in [0, 0.1) is 6.92 Å². The SMILES string of the molecule is COC(=O)c1ncn(C2CCC(=O)NC2=O)c1NS(=O)(=O)c1cnc(Cl)c(C)c1. The molecule has 0 aromatic carbocycles. The third-order valence-corrected chi connectivity index (χ3v) is 5.95. The summed E-state index contributed by atoms with van der Waals surface area (Å²) in [6.07, 6.45) is 2.35. The van der Waals surface area contributed by atoms with Gasteiger partial charge in [-0.15, -0.1) is 0 Å². The Morgan fingerprint density at radius 1 is 1.38 bits per heavy atom. The molecular weight excluding hydrogens is 426 g/mol. The van der Waals surface area contributed by atoms with Crippen LogP contribution < -0.4 is 10.0 Å². The van der Waals surface area contributed by atoms with Crippen LogP contribution in [0.25, 0.3) is 0 Å². The highest BCUT2D eigenvalue weighted by Crippen LogP contribution is 2.28. The molecule has 1 fully saturated rings. The highest BCUT2D eigenvalue weighted by Gasteiger charge is 2.33. The molecule has 13 heteroatoms. The van der Waals surface area contributed by atoms with E-state index in [9.17, 15) is 22.8 Å². The van der Waals surface area contributed by atoms with Crippen molar-refractivity contribution >= 4 is 45.2 Å². The second-order valence-electron chi connectivity index (χ2n) is 6.19. The van der Waals surface area contributed by atoms with Gasteiger partial charge in [0.25, 0.3) is 10.0 Å². The summed E-state index contributed by atoms with van der Waals surface area (Å²) in [6, 6.07) is 0.365. The second-order valence-corrected chi connectivity index (χ2v) is 8.23. The lowest BCUT2D eigenvalue weighted by Crippen LogP contribution is -2.42. The molecular formula is C16H16ClN5O6S. The van der Waals surface area contributed by atoms with Gasteiger partial charge >= 0.3 is 5.97 Å². The maximum Gasteiger partial charge on any atom is 0.360 e. The van der Waals surface area contributed by atoms with Gasteiger partial charge in [-0.25, -0.2) is 23.2 Å². The molecule has 11 nitrogen and oxygen atoms in total. The molecule has 29 heavy (non-hydrogen) atoms. The van der Waals surface area contributed by atoms with Crippen LogP contribution in [0.2, 0.25) is 5.15 Å². The van der Waals surface area contributed by atoms with Gasteiger partial charge in [-0.05, 0) is 25.0 Å². The number of rotatable bonds is 5. The molecule has 2 amide bonds. The van der Waals surface area contributed by atoms with Crippen molar-refractivity contribution in [2.75, 3.05) is 11.8 Å². The number of imide groups is 1. The molecule has 1 aliphatic rings. The summed E-state index contributed by atoms with van der Waals surface area (Å²) >= 11 is 5.84. The Balaban J connectivity index is 2.05. The third kappa shape index (κ3) is 4.07. The Labute approximate surface area is 170 Å². The van der Waals surface area contributed by atoms with E-state index in [-0.39, 0.29) is 34.4 Å². The van der Waals surface area contributed by atoms with Gasteiger partial charge in [0, 0.05) is 12.6 Å². The normalized spacial score (nSPS) is 17.0. The number of hydrogen-bond donors (Lipinski definition) is 2. The molecule has 1 aliphatic heterocycles. The van der Waals surface area contributed by atoms with E-state index in [0.29, 0.717) is 5.56 Å². The van der Waals surface area contributed by atoms with Crippen LogP contribution in [-0.4, -0.2) is 47.8 Å². The second kappa shape index (κ2) is 7.79. The number of methoxy groups -OCH3 is 1. The lowest BCUT2D eigenvalue weighted by Gasteiger charge is -2.24. The van der Waals surface area contributed by atoms with E-state index in [0.717, 1.165) is 19.6 Å². The quantitative estimate of drug-likeness (QED) is 0.393. The Bertz CT molecular complexity index is 1110. The first-order chi connectivity index (χ1) is 13.6. The number of hydrogen-bond acceptors (Lipinski definition) is 8. The number of sulfonamides is 1. The molecule has 1 saturated heterocycles. The summed E-state index contributed by atoms with van der Waals surface area (Å²) in [5.41, 5.74) is 0.0980. The van der Waals surface area contributed by atoms with E-state index in [1.54, 1.807) is 6.92 Å². The minimum absolute atomic E-state index is 0.0502. The fraction of sp³-hybridized carbons (Fsp3) is 0.312. The third-order valence-electron chi connectivity index (χ3n) is 4.25. The number of halogens is 1. The monoisotopic (exact) mass is 441 g/mol. The number of ether oxygens (including phenoxy) is 1. The largest absolute Gasteiger partial charge is 0.464 e. The van der Waals surface area contributed by atoms with Gasteiger partial charge < -0.3 is 9.30 Å². The van der Waals surface area contributed by atoms with E-state index >= 15 is 0 Å². The van der Waals surface area contributed by atoms with Crippen LogP contribution in [0.3, 0.4) is 0 Å². The first-order valence-electron chi connectivity index (χ1n) is 8.28. The number of amides is 2. The summed E-state index contributed by atoms with van der Waals surface area (Å²) in [5, 5.41) is 2.32. The van der Waals surface area contributed by atoms with Gasteiger partial charge in [-0.2, -0.15) is 0 Å². The van der Waals surface area contributed by atoms with Crippen molar-refractivity contribution in [1.29, 1.82) is 0 Å². The van der Waals surface area contributed by atoms with Crippen LogP contribution in [0.5, 0.6) is 0 Å². The summed E-state index contributed by atoms with van der Waals surface area (Å²) in [6.45, 7) is 1.59. The number of carbonyl (C=O) groups is 3. The number of imidazole rings is 1. The first kappa shape index (κ1) is 20.7. The van der Waals surface area contributed by atoms with Crippen LogP contribution in [-0.2, 0) is 24.3 Å². The molecule has 3 heterocycles.